The molecule has 1 rings (SSSR count). The lowest BCUT2D eigenvalue weighted by atomic mass is 10.4. The molecular formula is C11H16O2Si. The van der Waals surface area contributed by atoms with Crippen molar-refractivity contribution in [2.45, 2.75) is 25.7 Å². The third-order valence-electron chi connectivity index (χ3n) is 2.79. The summed E-state index contributed by atoms with van der Waals surface area (Å²) in [7, 11) is -1.66. The molecule has 0 amide bonds. The molecule has 0 aromatic heterocycles. The topological polar surface area (TPSA) is 26.3 Å². The second-order valence-corrected chi connectivity index (χ2v) is 8.80. The smallest absolute Gasteiger partial charge is 0.293 e. The summed E-state index contributed by atoms with van der Waals surface area (Å²) < 4.78 is 5.04. The second-order valence-electron chi connectivity index (χ2n) is 3.96. The summed E-state index contributed by atoms with van der Waals surface area (Å²) in [5.74, 6) is 0. The number of ether oxygens (including phenoxy) is 1. The fourth-order valence-electron chi connectivity index (χ4n) is 1.36. The van der Waals surface area contributed by atoms with E-state index < -0.39 is 8.07 Å². The van der Waals surface area contributed by atoms with Crippen molar-refractivity contribution < 1.29 is 9.53 Å². The summed E-state index contributed by atoms with van der Waals surface area (Å²) >= 11 is 0. The summed E-state index contributed by atoms with van der Waals surface area (Å²) in [6, 6.07) is 10.3. The van der Waals surface area contributed by atoms with Crippen molar-refractivity contribution in [2.75, 3.05) is 0 Å². The molecule has 0 saturated heterocycles. The van der Waals surface area contributed by atoms with Crippen LogP contribution in [0.3, 0.4) is 0 Å². The van der Waals surface area contributed by atoms with Crippen molar-refractivity contribution in [3.05, 3.63) is 30.3 Å². The highest BCUT2D eigenvalue weighted by Crippen LogP contribution is 2.11. The summed E-state index contributed by atoms with van der Waals surface area (Å²) in [4.78, 5) is 10.3. The van der Waals surface area contributed by atoms with Crippen LogP contribution in [0.15, 0.2) is 30.3 Å². The normalized spacial score (nSPS) is 13.4. The number of carbonyl (C=O) groups excluding carboxylic acids is 1. The van der Waals surface area contributed by atoms with Gasteiger partial charge in [-0.25, -0.2) is 0 Å². The van der Waals surface area contributed by atoms with Crippen LogP contribution in [0.4, 0.5) is 0 Å². The fourth-order valence-corrected chi connectivity index (χ4v) is 3.27. The van der Waals surface area contributed by atoms with Crippen LogP contribution in [0.2, 0.25) is 13.1 Å². The molecule has 0 heterocycles. The Morgan fingerprint density at radius 1 is 1.29 bits per heavy atom. The molecule has 2 nitrogen and oxygen atoms in total. The van der Waals surface area contributed by atoms with Crippen LogP contribution in [0.1, 0.15) is 6.92 Å². The van der Waals surface area contributed by atoms with E-state index in [9.17, 15) is 4.79 Å². The highest BCUT2D eigenvalue weighted by molar-refractivity contribution is 6.90. The Balaban J connectivity index is 2.89. The SMILES string of the molecule is CC(OC=O)[Si](C)(C)c1ccccc1. The van der Waals surface area contributed by atoms with E-state index in [1.807, 2.05) is 25.1 Å². The Labute approximate surface area is 85.9 Å². The predicted octanol–water partition coefficient (Wildman–Crippen LogP) is 1.70. The summed E-state index contributed by atoms with van der Waals surface area (Å²) in [5, 5.41) is 1.31. The molecule has 0 spiro atoms. The second kappa shape index (κ2) is 4.42. The minimum atomic E-state index is -1.66. The maximum atomic E-state index is 10.3. The molecule has 76 valence electrons. The van der Waals surface area contributed by atoms with Crippen LogP contribution < -0.4 is 5.19 Å². The van der Waals surface area contributed by atoms with E-state index in [0.717, 1.165) is 0 Å². The zero-order valence-electron chi connectivity index (χ0n) is 8.86. The summed E-state index contributed by atoms with van der Waals surface area (Å²) in [6.45, 7) is 6.92. The minimum Gasteiger partial charge on any atom is -0.468 e. The number of rotatable bonds is 4. The Morgan fingerprint density at radius 2 is 1.86 bits per heavy atom. The maximum Gasteiger partial charge on any atom is 0.293 e. The van der Waals surface area contributed by atoms with Crippen LogP contribution in [0.25, 0.3) is 0 Å². The summed E-state index contributed by atoms with van der Waals surface area (Å²) in [5.41, 5.74) is 0.0161. The predicted molar refractivity (Wildman–Crippen MR) is 60.2 cm³/mol. The Hall–Kier alpha value is -1.09. The van der Waals surface area contributed by atoms with E-state index in [1.54, 1.807) is 0 Å². The first-order valence-electron chi connectivity index (χ1n) is 4.73. The van der Waals surface area contributed by atoms with E-state index in [4.69, 9.17) is 4.74 Å². The molecule has 3 heteroatoms. The van der Waals surface area contributed by atoms with Gasteiger partial charge in [0.1, 0.15) is 8.07 Å². The van der Waals surface area contributed by atoms with Gasteiger partial charge in [0.2, 0.25) is 0 Å². The monoisotopic (exact) mass is 208 g/mol. The van der Waals surface area contributed by atoms with Crippen LogP contribution in [-0.2, 0) is 9.53 Å². The van der Waals surface area contributed by atoms with Gasteiger partial charge < -0.3 is 4.74 Å². The van der Waals surface area contributed by atoms with Crippen LogP contribution in [0.5, 0.6) is 0 Å². The molecule has 0 fully saturated rings. The van der Waals surface area contributed by atoms with Crippen molar-refractivity contribution in [3.8, 4) is 0 Å². The van der Waals surface area contributed by atoms with Gasteiger partial charge in [-0.15, -0.1) is 0 Å². The van der Waals surface area contributed by atoms with E-state index in [-0.39, 0.29) is 5.73 Å². The Kier molecular flexibility index (Phi) is 3.47. The van der Waals surface area contributed by atoms with Gasteiger partial charge >= 0.3 is 0 Å². The van der Waals surface area contributed by atoms with Gasteiger partial charge in [-0.2, -0.15) is 0 Å². The molecular weight excluding hydrogens is 192 g/mol. The molecule has 0 radical (unpaired) electrons. The van der Waals surface area contributed by atoms with Crippen molar-refractivity contribution in [1.82, 2.24) is 0 Å². The van der Waals surface area contributed by atoms with Gasteiger partial charge in [0.15, 0.2) is 0 Å². The number of carbonyl (C=O) groups is 1. The molecule has 0 N–H and O–H groups in total. The standard InChI is InChI=1S/C11H16O2Si/c1-10(13-9-12)14(2,3)11-7-5-4-6-8-11/h4-10H,1-3H3. The largest absolute Gasteiger partial charge is 0.468 e. The molecule has 0 aliphatic carbocycles. The quantitative estimate of drug-likeness (QED) is 0.556. The van der Waals surface area contributed by atoms with E-state index in [1.165, 1.54) is 5.19 Å². The summed E-state index contributed by atoms with van der Waals surface area (Å²) in [6.07, 6.45) is 0. The van der Waals surface area contributed by atoms with Crippen molar-refractivity contribution >= 4 is 19.7 Å². The van der Waals surface area contributed by atoms with Crippen molar-refractivity contribution in [1.29, 1.82) is 0 Å². The number of benzene rings is 1. The molecule has 0 bridgehead atoms. The van der Waals surface area contributed by atoms with Gasteiger partial charge in [-0.1, -0.05) is 48.6 Å². The Bertz CT molecular complexity index is 295. The van der Waals surface area contributed by atoms with Crippen LogP contribution in [0, 0.1) is 0 Å². The minimum absolute atomic E-state index is 0.0161. The molecule has 1 unspecified atom stereocenters. The van der Waals surface area contributed by atoms with Crippen LogP contribution in [-0.4, -0.2) is 20.3 Å². The molecule has 0 aliphatic heterocycles. The van der Waals surface area contributed by atoms with Gasteiger partial charge in [0.25, 0.3) is 6.47 Å². The van der Waals surface area contributed by atoms with Gasteiger partial charge in [-0.05, 0) is 6.92 Å². The zero-order chi connectivity index (χ0) is 10.6. The highest BCUT2D eigenvalue weighted by atomic mass is 28.3. The molecule has 1 atom stereocenters. The first-order chi connectivity index (χ1) is 6.59. The third kappa shape index (κ3) is 2.23. The fraction of sp³-hybridized carbons (Fsp3) is 0.364. The molecule has 1 aromatic rings. The molecule has 0 aliphatic rings. The zero-order valence-corrected chi connectivity index (χ0v) is 9.86. The lowest BCUT2D eigenvalue weighted by Gasteiger charge is -2.28. The average molecular weight is 208 g/mol. The third-order valence-corrected chi connectivity index (χ3v) is 6.78. The maximum absolute atomic E-state index is 10.3. The molecule has 14 heavy (non-hydrogen) atoms. The lowest BCUT2D eigenvalue weighted by Crippen LogP contribution is -2.52. The van der Waals surface area contributed by atoms with Gasteiger partial charge in [-0.3, -0.25) is 4.79 Å². The molecule has 0 saturated carbocycles. The van der Waals surface area contributed by atoms with E-state index in [2.05, 4.69) is 25.2 Å². The number of hydrogen-bond donors (Lipinski definition) is 0. The van der Waals surface area contributed by atoms with Crippen molar-refractivity contribution in [2.24, 2.45) is 0 Å². The average Bonchev–Trinajstić information content (AvgIpc) is 2.19. The lowest BCUT2D eigenvalue weighted by molar-refractivity contribution is -0.130. The first-order valence-corrected chi connectivity index (χ1v) is 7.81. The van der Waals surface area contributed by atoms with Crippen molar-refractivity contribution in [3.63, 3.8) is 0 Å². The van der Waals surface area contributed by atoms with E-state index in [0.29, 0.717) is 6.47 Å². The van der Waals surface area contributed by atoms with Gasteiger partial charge in [0.05, 0.1) is 5.73 Å². The first kappa shape index (κ1) is 11.0. The van der Waals surface area contributed by atoms with Crippen LogP contribution >= 0.6 is 0 Å². The van der Waals surface area contributed by atoms with E-state index >= 15 is 0 Å². The number of hydrogen-bond acceptors (Lipinski definition) is 2. The Morgan fingerprint density at radius 3 is 2.36 bits per heavy atom. The highest BCUT2D eigenvalue weighted by Gasteiger charge is 2.31. The van der Waals surface area contributed by atoms with Gasteiger partial charge in [0, 0.05) is 0 Å². The molecule has 1 aromatic carbocycles.